The first-order chi connectivity index (χ1) is 14.2. The molecule has 0 aromatic heterocycles. The van der Waals surface area contributed by atoms with Gasteiger partial charge in [0.1, 0.15) is 8.07 Å². The SMILES string of the molecule is COC(=Cc1ccccc1)[Si](C)(C#C[Si](C(C)C)(C(C)C)C(C)C)c1ccccc1. The first-order valence-electron chi connectivity index (χ1n) is 11.1. The monoisotopic (exact) mass is 434 g/mol. The highest BCUT2D eigenvalue weighted by Gasteiger charge is 2.43. The number of methoxy groups -OCH3 is 1. The van der Waals surface area contributed by atoms with Gasteiger partial charge in [-0.15, -0.1) is 11.1 Å². The lowest BCUT2D eigenvalue weighted by Gasteiger charge is -2.38. The second-order valence-corrected chi connectivity index (χ2v) is 18.4. The Morgan fingerprint density at radius 1 is 0.767 bits per heavy atom. The maximum absolute atomic E-state index is 6.06. The Kier molecular flexibility index (Phi) is 8.35. The van der Waals surface area contributed by atoms with Crippen LogP contribution in [0, 0.1) is 11.1 Å². The third-order valence-corrected chi connectivity index (χ3v) is 16.5. The van der Waals surface area contributed by atoms with Crippen molar-refractivity contribution in [1.29, 1.82) is 0 Å². The van der Waals surface area contributed by atoms with E-state index in [4.69, 9.17) is 4.74 Å². The molecule has 2 aromatic carbocycles. The molecule has 0 aliphatic rings. The molecule has 3 heteroatoms. The van der Waals surface area contributed by atoms with Gasteiger partial charge in [-0.1, -0.05) is 102 Å². The van der Waals surface area contributed by atoms with Gasteiger partial charge in [-0.05, 0) is 40.0 Å². The molecule has 0 fully saturated rings. The van der Waals surface area contributed by atoms with Crippen molar-refractivity contribution in [2.45, 2.75) is 64.7 Å². The minimum Gasteiger partial charge on any atom is -0.505 e. The lowest BCUT2D eigenvalue weighted by Crippen LogP contribution is -2.49. The molecular weight excluding hydrogens is 396 g/mol. The van der Waals surface area contributed by atoms with Crippen LogP contribution >= 0.6 is 0 Å². The highest BCUT2D eigenvalue weighted by Crippen LogP contribution is 2.41. The Labute approximate surface area is 186 Å². The highest BCUT2D eigenvalue weighted by molar-refractivity contribution is 7.04. The van der Waals surface area contributed by atoms with Crippen LogP contribution in [0.3, 0.4) is 0 Å². The molecule has 0 heterocycles. The molecule has 30 heavy (non-hydrogen) atoms. The van der Waals surface area contributed by atoms with Gasteiger partial charge in [0.05, 0.1) is 12.5 Å². The van der Waals surface area contributed by atoms with Crippen LogP contribution in [0.25, 0.3) is 6.08 Å². The molecule has 2 rings (SSSR count). The summed E-state index contributed by atoms with van der Waals surface area (Å²) in [5.41, 5.74) is 10.9. The van der Waals surface area contributed by atoms with Crippen molar-refractivity contribution < 1.29 is 4.74 Å². The third-order valence-electron chi connectivity index (χ3n) is 6.56. The molecule has 0 bridgehead atoms. The van der Waals surface area contributed by atoms with E-state index in [2.05, 4.69) is 120 Å². The van der Waals surface area contributed by atoms with Gasteiger partial charge in [-0.3, -0.25) is 0 Å². The Hall–Kier alpha value is -2.03. The fourth-order valence-electron chi connectivity index (χ4n) is 4.82. The molecule has 0 amide bonds. The Morgan fingerprint density at radius 3 is 1.67 bits per heavy atom. The summed E-state index contributed by atoms with van der Waals surface area (Å²) in [6.07, 6.45) is 2.19. The molecule has 1 unspecified atom stereocenters. The summed E-state index contributed by atoms with van der Waals surface area (Å²) in [7, 11) is -2.41. The molecule has 0 aliphatic heterocycles. The number of rotatable bonds is 7. The summed E-state index contributed by atoms with van der Waals surface area (Å²) in [5.74, 6) is 0. The van der Waals surface area contributed by atoms with Crippen molar-refractivity contribution in [2.75, 3.05) is 7.11 Å². The van der Waals surface area contributed by atoms with Crippen LogP contribution in [0.5, 0.6) is 0 Å². The summed E-state index contributed by atoms with van der Waals surface area (Å²) in [5, 5.41) is 2.33. The van der Waals surface area contributed by atoms with E-state index in [-0.39, 0.29) is 0 Å². The first kappa shape index (κ1) is 24.2. The third kappa shape index (κ3) is 4.99. The lowest BCUT2D eigenvalue weighted by atomic mass is 10.2. The molecule has 0 spiro atoms. The zero-order chi connectivity index (χ0) is 22.4. The summed E-state index contributed by atoms with van der Waals surface area (Å²) >= 11 is 0. The van der Waals surface area contributed by atoms with Crippen LogP contribution < -0.4 is 5.19 Å². The fourth-order valence-corrected chi connectivity index (χ4v) is 13.8. The van der Waals surface area contributed by atoms with Crippen molar-refractivity contribution >= 4 is 27.4 Å². The van der Waals surface area contributed by atoms with E-state index in [1.807, 2.05) is 6.07 Å². The summed E-state index contributed by atoms with van der Waals surface area (Å²) < 4.78 is 6.06. The predicted molar refractivity (Wildman–Crippen MR) is 138 cm³/mol. The predicted octanol–water partition coefficient (Wildman–Crippen LogP) is 6.96. The molecule has 0 aliphatic carbocycles. The Bertz CT molecular complexity index is 867. The average Bonchev–Trinajstić information content (AvgIpc) is 2.72. The standard InChI is InChI=1S/C27H38OSi2/c1-22(2)30(23(3)4,24(5)6)20-19-29(8,26-17-13-10-14-18-26)27(28-7)21-25-15-11-9-12-16-25/h9-18,21-24H,1-8H3. The molecule has 0 saturated heterocycles. The van der Waals surface area contributed by atoms with Gasteiger partial charge in [0.2, 0.25) is 8.07 Å². The Morgan fingerprint density at radius 2 is 1.23 bits per heavy atom. The maximum atomic E-state index is 6.06. The second-order valence-electron chi connectivity index (χ2n) is 9.26. The van der Waals surface area contributed by atoms with Crippen LogP contribution in [-0.2, 0) is 4.74 Å². The Balaban J connectivity index is 2.74. The zero-order valence-electron chi connectivity index (χ0n) is 20.0. The molecule has 0 N–H and O–H groups in total. The number of benzene rings is 2. The van der Waals surface area contributed by atoms with Gasteiger partial charge in [-0.25, -0.2) is 0 Å². The van der Waals surface area contributed by atoms with Crippen LogP contribution in [-0.4, -0.2) is 23.3 Å². The average molecular weight is 435 g/mol. The van der Waals surface area contributed by atoms with Gasteiger partial charge in [-0.2, -0.15) is 0 Å². The summed E-state index contributed by atoms with van der Waals surface area (Å²) in [4.78, 5) is 0. The van der Waals surface area contributed by atoms with Crippen molar-refractivity contribution in [3.63, 3.8) is 0 Å². The number of hydrogen-bond acceptors (Lipinski definition) is 1. The molecular formula is C27H38OSi2. The minimum absolute atomic E-state index is 0.614. The zero-order valence-corrected chi connectivity index (χ0v) is 22.0. The number of hydrogen-bond donors (Lipinski definition) is 0. The van der Waals surface area contributed by atoms with E-state index in [0.717, 1.165) is 10.9 Å². The topological polar surface area (TPSA) is 9.23 Å². The van der Waals surface area contributed by atoms with E-state index >= 15 is 0 Å². The van der Waals surface area contributed by atoms with E-state index in [9.17, 15) is 0 Å². The molecule has 1 nitrogen and oxygen atoms in total. The van der Waals surface area contributed by atoms with Gasteiger partial charge in [0, 0.05) is 0 Å². The minimum atomic E-state index is -2.37. The van der Waals surface area contributed by atoms with E-state index < -0.39 is 16.1 Å². The van der Waals surface area contributed by atoms with Crippen molar-refractivity contribution in [3.05, 3.63) is 71.6 Å². The van der Waals surface area contributed by atoms with Crippen molar-refractivity contribution in [3.8, 4) is 11.1 Å². The van der Waals surface area contributed by atoms with Gasteiger partial charge in [0.15, 0.2) is 0 Å². The van der Waals surface area contributed by atoms with Gasteiger partial charge >= 0.3 is 0 Å². The highest BCUT2D eigenvalue weighted by atomic mass is 28.3. The maximum Gasteiger partial charge on any atom is 0.236 e. The van der Waals surface area contributed by atoms with E-state index in [0.29, 0.717) is 16.6 Å². The normalized spacial score (nSPS) is 14.4. The number of ether oxygens (including phenoxy) is 1. The summed E-state index contributed by atoms with van der Waals surface area (Å²) in [6.45, 7) is 16.6. The molecule has 1 atom stereocenters. The largest absolute Gasteiger partial charge is 0.505 e. The first-order valence-corrected chi connectivity index (χ1v) is 15.8. The molecule has 160 valence electrons. The van der Waals surface area contributed by atoms with Crippen molar-refractivity contribution in [2.24, 2.45) is 0 Å². The summed E-state index contributed by atoms with van der Waals surface area (Å²) in [6, 6.07) is 21.2. The van der Waals surface area contributed by atoms with Crippen molar-refractivity contribution in [1.82, 2.24) is 0 Å². The molecule has 2 aromatic rings. The van der Waals surface area contributed by atoms with E-state index in [1.165, 1.54) is 5.19 Å². The quantitative estimate of drug-likeness (QED) is 0.260. The van der Waals surface area contributed by atoms with E-state index in [1.54, 1.807) is 7.11 Å². The van der Waals surface area contributed by atoms with Crippen LogP contribution in [0.2, 0.25) is 23.2 Å². The van der Waals surface area contributed by atoms with Gasteiger partial charge < -0.3 is 4.74 Å². The van der Waals surface area contributed by atoms with Gasteiger partial charge in [0.25, 0.3) is 0 Å². The molecule has 0 radical (unpaired) electrons. The lowest BCUT2D eigenvalue weighted by molar-refractivity contribution is 0.321. The van der Waals surface area contributed by atoms with Crippen LogP contribution in [0.15, 0.2) is 66.0 Å². The smallest absolute Gasteiger partial charge is 0.236 e. The fraction of sp³-hybridized carbons (Fsp3) is 0.407. The van der Waals surface area contributed by atoms with Crippen LogP contribution in [0.4, 0.5) is 0 Å². The second kappa shape index (κ2) is 10.3. The van der Waals surface area contributed by atoms with Crippen LogP contribution in [0.1, 0.15) is 47.1 Å². The molecule has 0 saturated carbocycles.